The molecule has 2 fully saturated rings. The number of rotatable bonds is 8. The quantitative estimate of drug-likeness (QED) is 0.706. The number of carbonyl (C=O) groups is 1. The number of ether oxygens (including phenoxy) is 2. The van der Waals surface area contributed by atoms with Gasteiger partial charge in [0.2, 0.25) is 5.91 Å². The Kier molecular flexibility index (Phi) is 6.60. The van der Waals surface area contributed by atoms with Crippen LogP contribution in [0.4, 0.5) is 0 Å². The van der Waals surface area contributed by atoms with E-state index in [0.717, 1.165) is 56.2 Å². The van der Waals surface area contributed by atoms with Crippen LogP contribution in [-0.2, 0) is 4.79 Å². The molecule has 4 heteroatoms. The van der Waals surface area contributed by atoms with Gasteiger partial charge in [-0.2, -0.15) is 0 Å². The molecule has 2 aliphatic rings. The van der Waals surface area contributed by atoms with Gasteiger partial charge in [-0.05, 0) is 43.2 Å². The van der Waals surface area contributed by atoms with Crippen LogP contribution >= 0.6 is 0 Å². The normalized spacial score (nSPS) is 20.8. The number of benzene rings is 1. The second kappa shape index (κ2) is 9.12. The number of nitrogens with zero attached hydrogens (tertiary/aromatic N) is 1. The van der Waals surface area contributed by atoms with E-state index in [1.54, 1.807) is 7.11 Å². The number of methoxy groups -OCH3 is 1. The van der Waals surface area contributed by atoms with Gasteiger partial charge < -0.3 is 14.4 Å². The minimum atomic E-state index is 0.361. The SMILES string of the molecule is COc1ccccc1OCCC1CCN(C(=O)CCC2CCCC2)C1. The molecule has 1 atom stereocenters. The van der Waals surface area contributed by atoms with Crippen LogP contribution in [-0.4, -0.2) is 37.6 Å². The Morgan fingerprint density at radius 1 is 1.08 bits per heavy atom. The van der Waals surface area contributed by atoms with E-state index in [1.165, 1.54) is 25.7 Å². The van der Waals surface area contributed by atoms with Gasteiger partial charge in [0.25, 0.3) is 0 Å². The van der Waals surface area contributed by atoms with Gasteiger partial charge in [-0.3, -0.25) is 4.79 Å². The molecule has 0 bridgehead atoms. The summed E-state index contributed by atoms with van der Waals surface area (Å²) in [5.74, 6) is 3.30. The zero-order valence-corrected chi connectivity index (χ0v) is 15.4. The summed E-state index contributed by atoms with van der Waals surface area (Å²) in [6.45, 7) is 2.50. The van der Waals surface area contributed by atoms with Crippen molar-refractivity contribution < 1.29 is 14.3 Å². The van der Waals surface area contributed by atoms with Crippen LogP contribution in [0.5, 0.6) is 11.5 Å². The molecule has 0 aromatic heterocycles. The number of hydrogen-bond donors (Lipinski definition) is 0. The monoisotopic (exact) mass is 345 g/mol. The highest BCUT2D eigenvalue weighted by Crippen LogP contribution is 2.30. The first-order valence-electron chi connectivity index (χ1n) is 9.80. The van der Waals surface area contributed by atoms with Crippen molar-refractivity contribution in [3.63, 3.8) is 0 Å². The predicted molar refractivity (Wildman–Crippen MR) is 99.0 cm³/mol. The number of amides is 1. The molecule has 138 valence electrons. The van der Waals surface area contributed by atoms with Crippen molar-refractivity contribution >= 4 is 5.91 Å². The van der Waals surface area contributed by atoms with Gasteiger partial charge in [-0.25, -0.2) is 0 Å². The molecule has 0 radical (unpaired) electrons. The van der Waals surface area contributed by atoms with Crippen molar-refractivity contribution in [2.24, 2.45) is 11.8 Å². The summed E-state index contributed by atoms with van der Waals surface area (Å²) in [6, 6.07) is 7.75. The van der Waals surface area contributed by atoms with Crippen molar-refractivity contribution in [2.75, 3.05) is 26.8 Å². The van der Waals surface area contributed by atoms with E-state index in [0.29, 0.717) is 18.4 Å². The Balaban J connectivity index is 1.35. The minimum Gasteiger partial charge on any atom is -0.493 e. The third-order valence-corrected chi connectivity index (χ3v) is 5.73. The summed E-state index contributed by atoms with van der Waals surface area (Å²) in [4.78, 5) is 14.5. The molecule has 1 aromatic rings. The standard InChI is InChI=1S/C21H31NO3/c1-24-19-8-4-5-9-20(19)25-15-13-18-12-14-22(16-18)21(23)11-10-17-6-2-3-7-17/h4-5,8-9,17-18H,2-3,6-7,10-16H2,1H3. The zero-order valence-electron chi connectivity index (χ0n) is 15.4. The lowest BCUT2D eigenvalue weighted by Crippen LogP contribution is -2.29. The van der Waals surface area contributed by atoms with Crippen LogP contribution in [0, 0.1) is 11.8 Å². The average molecular weight is 345 g/mol. The maximum atomic E-state index is 12.4. The second-order valence-corrected chi connectivity index (χ2v) is 7.47. The van der Waals surface area contributed by atoms with Crippen molar-refractivity contribution in [1.82, 2.24) is 4.90 Å². The van der Waals surface area contributed by atoms with E-state index in [1.807, 2.05) is 24.3 Å². The highest BCUT2D eigenvalue weighted by Gasteiger charge is 2.26. The van der Waals surface area contributed by atoms with Crippen LogP contribution in [0.2, 0.25) is 0 Å². The lowest BCUT2D eigenvalue weighted by Gasteiger charge is -2.18. The molecule has 1 saturated carbocycles. The summed E-state index contributed by atoms with van der Waals surface area (Å²) in [7, 11) is 1.66. The maximum Gasteiger partial charge on any atom is 0.222 e. The van der Waals surface area contributed by atoms with Crippen LogP contribution in [0.1, 0.15) is 51.4 Å². The first-order valence-corrected chi connectivity index (χ1v) is 9.80. The number of carbonyl (C=O) groups excluding carboxylic acids is 1. The zero-order chi connectivity index (χ0) is 17.5. The summed E-state index contributed by atoms with van der Waals surface area (Å²) in [5, 5.41) is 0. The predicted octanol–water partition coefficient (Wildman–Crippen LogP) is 4.28. The van der Waals surface area contributed by atoms with E-state index < -0.39 is 0 Å². The molecule has 1 heterocycles. The Bertz CT molecular complexity index is 554. The topological polar surface area (TPSA) is 38.8 Å². The first-order chi connectivity index (χ1) is 12.3. The largest absolute Gasteiger partial charge is 0.493 e. The van der Waals surface area contributed by atoms with Crippen LogP contribution < -0.4 is 9.47 Å². The maximum absolute atomic E-state index is 12.4. The van der Waals surface area contributed by atoms with Crippen molar-refractivity contribution in [3.05, 3.63) is 24.3 Å². The van der Waals surface area contributed by atoms with Gasteiger partial charge in [0.15, 0.2) is 11.5 Å². The minimum absolute atomic E-state index is 0.361. The van der Waals surface area contributed by atoms with Crippen molar-refractivity contribution in [2.45, 2.75) is 51.4 Å². The Morgan fingerprint density at radius 2 is 1.84 bits per heavy atom. The van der Waals surface area contributed by atoms with E-state index in [4.69, 9.17) is 9.47 Å². The number of hydrogen-bond acceptors (Lipinski definition) is 3. The summed E-state index contributed by atoms with van der Waals surface area (Å²) < 4.78 is 11.2. The highest BCUT2D eigenvalue weighted by molar-refractivity contribution is 5.76. The fourth-order valence-electron chi connectivity index (χ4n) is 4.15. The molecule has 1 unspecified atom stereocenters. The smallest absolute Gasteiger partial charge is 0.222 e. The average Bonchev–Trinajstić information content (AvgIpc) is 3.32. The molecule has 1 saturated heterocycles. The fraction of sp³-hybridized carbons (Fsp3) is 0.667. The van der Waals surface area contributed by atoms with Gasteiger partial charge >= 0.3 is 0 Å². The molecule has 1 amide bonds. The van der Waals surface area contributed by atoms with Gasteiger partial charge in [-0.1, -0.05) is 37.8 Å². The van der Waals surface area contributed by atoms with Gasteiger partial charge in [0.1, 0.15) is 0 Å². The highest BCUT2D eigenvalue weighted by atomic mass is 16.5. The van der Waals surface area contributed by atoms with Crippen LogP contribution in [0.3, 0.4) is 0 Å². The van der Waals surface area contributed by atoms with E-state index in [2.05, 4.69) is 4.90 Å². The van der Waals surface area contributed by atoms with Crippen LogP contribution in [0.25, 0.3) is 0 Å². The molecule has 3 rings (SSSR count). The molecule has 1 aromatic carbocycles. The lowest BCUT2D eigenvalue weighted by molar-refractivity contribution is -0.130. The van der Waals surface area contributed by atoms with E-state index in [-0.39, 0.29) is 0 Å². The molecule has 1 aliphatic heterocycles. The Morgan fingerprint density at radius 3 is 2.60 bits per heavy atom. The molecular weight excluding hydrogens is 314 g/mol. The van der Waals surface area contributed by atoms with Crippen molar-refractivity contribution in [1.29, 1.82) is 0 Å². The lowest BCUT2D eigenvalue weighted by atomic mass is 10.0. The Hall–Kier alpha value is -1.71. The Labute approximate surface area is 151 Å². The van der Waals surface area contributed by atoms with Crippen molar-refractivity contribution in [3.8, 4) is 11.5 Å². The first kappa shape index (κ1) is 18.1. The van der Waals surface area contributed by atoms with Gasteiger partial charge in [0.05, 0.1) is 13.7 Å². The van der Waals surface area contributed by atoms with Gasteiger partial charge in [-0.15, -0.1) is 0 Å². The summed E-state index contributed by atoms with van der Waals surface area (Å²) in [6.07, 6.45) is 9.31. The third kappa shape index (κ3) is 5.13. The molecule has 25 heavy (non-hydrogen) atoms. The molecule has 0 N–H and O–H groups in total. The van der Waals surface area contributed by atoms with Crippen LogP contribution in [0.15, 0.2) is 24.3 Å². The fourth-order valence-corrected chi connectivity index (χ4v) is 4.15. The third-order valence-electron chi connectivity index (χ3n) is 5.73. The van der Waals surface area contributed by atoms with E-state index >= 15 is 0 Å². The summed E-state index contributed by atoms with van der Waals surface area (Å²) in [5.41, 5.74) is 0. The van der Waals surface area contributed by atoms with E-state index in [9.17, 15) is 4.79 Å². The second-order valence-electron chi connectivity index (χ2n) is 7.47. The van der Waals surface area contributed by atoms with Gasteiger partial charge in [0, 0.05) is 19.5 Å². The molecule has 4 nitrogen and oxygen atoms in total. The molecular formula is C21H31NO3. The molecule has 0 spiro atoms. The number of para-hydroxylation sites is 2. The number of likely N-dealkylation sites (tertiary alicyclic amines) is 1. The summed E-state index contributed by atoms with van der Waals surface area (Å²) >= 11 is 0. The molecule has 1 aliphatic carbocycles.